The summed E-state index contributed by atoms with van der Waals surface area (Å²) in [6.45, 7) is 4.03. The minimum absolute atomic E-state index is 0.0968. The maximum absolute atomic E-state index is 13.1. The van der Waals surface area contributed by atoms with Gasteiger partial charge in [-0.25, -0.2) is 4.79 Å². The first kappa shape index (κ1) is 26.0. The number of hydrogen-bond acceptors (Lipinski definition) is 6. The summed E-state index contributed by atoms with van der Waals surface area (Å²) in [4.78, 5) is 40.0. The van der Waals surface area contributed by atoms with Crippen LogP contribution in [0.1, 0.15) is 46.6 Å². The van der Waals surface area contributed by atoms with Gasteiger partial charge in [0.05, 0.1) is 24.3 Å². The first-order valence-corrected chi connectivity index (χ1v) is 13.7. The lowest BCUT2D eigenvalue weighted by Gasteiger charge is -2.18. The Balaban J connectivity index is 1.41. The molecule has 1 heterocycles. The number of carbonyl (C=O) groups is 3. The van der Waals surface area contributed by atoms with Crippen molar-refractivity contribution in [1.82, 2.24) is 0 Å². The van der Waals surface area contributed by atoms with Crippen molar-refractivity contribution in [1.29, 1.82) is 0 Å². The van der Waals surface area contributed by atoms with Crippen molar-refractivity contribution >= 4 is 51.6 Å². The lowest BCUT2D eigenvalue weighted by molar-refractivity contribution is -0.116. The van der Waals surface area contributed by atoms with Crippen molar-refractivity contribution in [3.8, 4) is 0 Å². The van der Waals surface area contributed by atoms with Crippen molar-refractivity contribution in [2.45, 2.75) is 49.7 Å². The van der Waals surface area contributed by atoms with Crippen LogP contribution in [-0.4, -0.2) is 30.1 Å². The zero-order valence-corrected chi connectivity index (χ0v) is 22.3. The summed E-state index contributed by atoms with van der Waals surface area (Å²) in [7, 11) is 1.37. The maximum Gasteiger partial charge on any atom is 0.341 e. The number of carbonyl (C=O) groups excluding carboxylic acids is 3. The third kappa shape index (κ3) is 6.36. The molecule has 0 radical (unpaired) electrons. The van der Waals surface area contributed by atoms with E-state index in [9.17, 15) is 14.4 Å². The molecule has 2 atom stereocenters. The summed E-state index contributed by atoms with van der Waals surface area (Å²) < 4.78 is 5.02. The molecule has 0 aliphatic heterocycles. The van der Waals surface area contributed by atoms with E-state index >= 15 is 0 Å². The lowest BCUT2D eigenvalue weighted by Crippen LogP contribution is -2.23. The van der Waals surface area contributed by atoms with Crippen LogP contribution in [0, 0.1) is 5.92 Å². The Bertz CT molecular complexity index is 1260. The van der Waals surface area contributed by atoms with Gasteiger partial charge in [0.15, 0.2) is 0 Å². The van der Waals surface area contributed by atoms with E-state index in [1.165, 1.54) is 30.2 Å². The molecule has 4 rings (SSSR count). The van der Waals surface area contributed by atoms with Gasteiger partial charge in [-0.1, -0.05) is 43.3 Å². The number of hydrogen-bond donors (Lipinski definition) is 2. The molecule has 6 nitrogen and oxygen atoms in total. The number of amides is 2. The number of anilines is 2. The molecule has 1 aliphatic carbocycles. The Morgan fingerprint density at radius 2 is 1.89 bits per heavy atom. The van der Waals surface area contributed by atoms with Gasteiger partial charge in [0, 0.05) is 15.5 Å². The van der Waals surface area contributed by atoms with Gasteiger partial charge in [-0.2, -0.15) is 0 Å². The highest BCUT2D eigenvalue weighted by molar-refractivity contribution is 8.00. The van der Waals surface area contributed by atoms with Crippen LogP contribution in [0.5, 0.6) is 0 Å². The molecule has 0 bridgehead atoms. The predicted molar refractivity (Wildman–Crippen MR) is 146 cm³/mol. The van der Waals surface area contributed by atoms with Gasteiger partial charge in [-0.15, -0.1) is 23.1 Å². The minimum Gasteiger partial charge on any atom is -0.465 e. The van der Waals surface area contributed by atoms with Gasteiger partial charge in [-0.05, 0) is 61.4 Å². The van der Waals surface area contributed by atoms with E-state index in [2.05, 4.69) is 17.6 Å². The summed E-state index contributed by atoms with van der Waals surface area (Å²) in [5, 5.41) is 6.06. The molecule has 0 spiro atoms. The third-order valence-electron chi connectivity index (χ3n) is 6.15. The molecule has 3 aromatic rings. The molecule has 2 aromatic carbocycles. The minimum atomic E-state index is -0.413. The summed E-state index contributed by atoms with van der Waals surface area (Å²) in [6.07, 6.45) is 3.04. The summed E-state index contributed by atoms with van der Waals surface area (Å²) in [5.74, 6) is -0.132. The molecule has 188 valence electrons. The average Bonchev–Trinajstić information content (AvgIpc) is 3.20. The fraction of sp³-hybridized carbons (Fsp3) is 0.321. The van der Waals surface area contributed by atoms with Gasteiger partial charge in [0.1, 0.15) is 5.00 Å². The number of rotatable bonds is 8. The zero-order chi connectivity index (χ0) is 25.7. The highest BCUT2D eigenvalue weighted by Gasteiger charge is 2.29. The van der Waals surface area contributed by atoms with Crippen LogP contribution in [0.25, 0.3) is 0 Å². The van der Waals surface area contributed by atoms with Crippen molar-refractivity contribution in [2.75, 3.05) is 17.7 Å². The quantitative estimate of drug-likeness (QED) is 0.282. The van der Waals surface area contributed by atoms with Crippen LogP contribution in [0.4, 0.5) is 10.7 Å². The summed E-state index contributed by atoms with van der Waals surface area (Å²) >= 11 is 2.88. The van der Waals surface area contributed by atoms with Gasteiger partial charge in [-0.3, -0.25) is 9.59 Å². The summed E-state index contributed by atoms with van der Waals surface area (Å²) in [5.41, 5.74) is 3.14. The molecular formula is C28H30N2O4S2. The van der Waals surface area contributed by atoms with Crippen LogP contribution in [-0.2, 0) is 33.6 Å². The smallest absolute Gasteiger partial charge is 0.341 e. The molecular weight excluding hydrogens is 492 g/mol. The van der Waals surface area contributed by atoms with Crippen molar-refractivity contribution in [2.24, 2.45) is 5.92 Å². The van der Waals surface area contributed by atoms with E-state index in [1.807, 2.05) is 61.5 Å². The van der Waals surface area contributed by atoms with E-state index in [4.69, 9.17) is 4.74 Å². The Morgan fingerprint density at radius 1 is 1.11 bits per heavy atom. The molecule has 2 N–H and O–H groups in total. The normalized spacial score (nSPS) is 15.5. The van der Waals surface area contributed by atoms with E-state index in [-0.39, 0.29) is 11.8 Å². The number of thiophene rings is 1. The molecule has 2 unspecified atom stereocenters. The molecule has 0 saturated carbocycles. The molecule has 1 aliphatic rings. The van der Waals surface area contributed by atoms with Gasteiger partial charge >= 0.3 is 5.97 Å². The van der Waals surface area contributed by atoms with Crippen LogP contribution in [0.2, 0.25) is 0 Å². The Kier molecular flexibility index (Phi) is 8.48. The standard InChI is InChI=1S/C28H30N2O4S2/c1-17-12-13-22-23(14-17)36-27(25(22)28(33)34-3)30-26(32)18(2)35-21-11-7-10-20(16-21)29-24(31)15-19-8-5-4-6-9-19/h4-11,16-18H,12-15H2,1-3H3,(H,29,31)(H,30,32). The third-order valence-corrected chi connectivity index (χ3v) is 8.41. The van der Waals surface area contributed by atoms with Crippen LogP contribution < -0.4 is 10.6 Å². The summed E-state index contributed by atoms with van der Waals surface area (Å²) in [6, 6.07) is 17.0. The Labute approximate surface area is 219 Å². The second-order valence-corrected chi connectivity index (χ2v) is 11.6. The Hall–Kier alpha value is -3.10. The SMILES string of the molecule is COC(=O)c1c(NC(=O)C(C)Sc2cccc(NC(=O)Cc3ccccc3)c2)sc2c1CCC(C)C2. The first-order chi connectivity index (χ1) is 17.3. The molecule has 36 heavy (non-hydrogen) atoms. The maximum atomic E-state index is 13.1. The predicted octanol–water partition coefficient (Wildman–Crippen LogP) is 5.96. The van der Waals surface area contributed by atoms with E-state index in [0.717, 1.165) is 40.2 Å². The van der Waals surface area contributed by atoms with Gasteiger partial charge < -0.3 is 15.4 Å². The van der Waals surface area contributed by atoms with Crippen LogP contribution in [0.15, 0.2) is 59.5 Å². The topological polar surface area (TPSA) is 84.5 Å². The number of ether oxygens (including phenoxy) is 1. The highest BCUT2D eigenvalue weighted by atomic mass is 32.2. The monoisotopic (exact) mass is 522 g/mol. The molecule has 1 aromatic heterocycles. The number of benzene rings is 2. The van der Waals surface area contributed by atoms with Crippen molar-refractivity contribution in [3.05, 3.63) is 76.2 Å². The molecule has 8 heteroatoms. The van der Waals surface area contributed by atoms with Crippen LogP contribution in [0.3, 0.4) is 0 Å². The fourth-order valence-corrected chi connectivity index (χ4v) is 6.59. The fourth-order valence-electron chi connectivity index (χ4n) is 4.26. The van der Waals surface area contributed by atoms with E-state index in [0.29, 0.717) is 28.6 Å². The second kappa shape index (κ2) is 11.8. The van der Waals surface area contributed by atoms with E-state index < -0.39 is 11.2 Å². The largest absolute Gasteiger partial charge is 0.465 e. The molecule has 2 amide bonds. The highest BCUT2D eigenvalue weighted by Crippen LogP contribution is 2.40. The first-order valence-electron chi connectivity index (χ1n) is 12.0. The van der Waals surface area contributed by atoms with Gasteiger partial charge in [0.25, 0.3) is 0 Å². The number of fused-ring (bicyclic) bond motifs is 1. The van der Waals surface area contributed by atoms with Crippen molar-refractivity contribution in [3.63, 3.8) is 0 Å². The number of methoxy groups -OCH3 is 1. The van der Waals surface area contributed by atoms with E-state index in [1.54, 1.807) is 0 Å². The number of thioether (sulfide) groups is 1. The molecule has 0 fully saturated rings. The molecule has 0 saturated heterocycles. The second-order valence-electron chi connectivity index (χ2n) is 9.04. The lowest BCUT2D eigenvalue weighted by atomic mass is 9.88. The number of esters is 1. The zero-order valence-electron chi connectivity index (χ0n) is 20.6. The van der Waals surface area contributed by atoms with Crippen molar-refractivity contribution < 1.29 is 19.1 Å². The van der Waals surface area contributed by atoms with Gasteiger partial charge in [0.2, 0.25) is 11.8 Å². The number of nitrogens with one attached hydrogen (secondary N) is 2. The average molecular weight is 523 g/mol. The Morgan fingerprint density at radius 3 is 2.64 bits per heavy atom. The van der Waals surface area contributed by atoms with Crippen LogP contribution >= 0.6 is 23.1 Å².